The minimum atomic E-state index is -0.425. The molecule has 0 saturated heterocycles. The van der Waals surface area contributed by atoms with Crippen molar-refractivity contribution in [3.8, 4) is 0 Å². The smallest absolute Gasteiger partial charge is 0.267 e. The van der Waals surface area contributed by atoms with Crippen molar-refractivity contribution in [3.63, 3.8) is 0 Å². The lowest BCUT2D eigenvalue weighted by Crippen LogP contribution is -2.36. The van der Waals surface area contributed by atoms with Crippen molar-refractivity contribution in [1.29, 1.82) is 5.41 Å². The van der Waals surface area contributed by atoms with Gasteiger partial charge in [0.25, 0.3) is 11.5 Å². The summed E-state index contributed by atoms with van der Waals surface area (Å²) in [5.41, 5.74) is 3.37. The second kappa shape index (κ2) is 8.98. The molecule has 35 heavy (non-hydrogen) atoms. The van der Waals surface area contributed by atoms with Crippen LogP contribution in [0, 0.1) is 12.3 Å². The summed E-state index contributed by atoms with van der Waals surface area (Å²) in [4.78, 5) is 35.6. The van der Waals surface area contributed by atoms with Crippen LogP contribution < -0.4 is 16.4 Å². The summed E-state index contributed by atoms with van der Waals surface area (Å²) in [6.07, 6.45) is 5.06. The lowest BCUT2D eigenvalue weighted by Gasteiger charge is -2.17. The standard InChI is InChI=1S/C27H24N6O2/c1-17-8-9-23-31-25-22(27(35)32(23)15-17)14-21(24(28)33(25)16-19-10-12-29-13-11-19)26(34)30-18(2)20-6-4-3-5-7-20/h3-15,18,28H,16H2,1-2H3,(H,30,34). The van der Waals surface area contributed by atoms with Gasteiger partial charge in [-0.15, -0.1) is 0 Å². The van der Waals surface area contributed by atoms with E-state index in [9.17, 15) is 9.59 Å². The molecular weight excluding hydrogens is 440 g/mol. The number of carbonyl (C=O) groups is 1. The molecule has 8 nitrogen and oxygen atoms in total. The number of aryl methyl sites for hydroxylation is 1. The molecule has 0 aliphatic carbocycles. The number of rotatable bonds is 5. The highest BCUT2D eigenvalue weighted by Crippen LogP contribution is 2.15. The first-order valence-corrected chi connectivity index (χ1v) is 11.3. The fraction of sp³-hybridized carbons (Fsp3) is 0.148. The minimum absolute atomic E-state index is 0.0181. The molecule has 5 aromatic rings. The summed E-state index contributed by atoms with van der Waals surface area (Å²) in [7, 11) is 0. The Kier molecular flexibility index (Phi) is 5.70. The number of benzene rings is 1. The van der Waals surface area contributed by atoms with Crippen LogP contribution in [0.4, 0.5) is 0 Å². The maximum atomic E-state index is 13.5. The summed E-state index contributed by atoms with van der Waals surface area (Å²) < 4.78 is 3.08. The molecular formula is C27H24N6O2. The normalized spacial score (nSPS) is 12.1. The second-order valence-corrected chi connectivity index (χ2v) is 8.54. The minimum Gasteiger partial charge on any atom is -0.345 e. The maximum Gasteiger partial charge on any atom is 0.267 e. The van der Waals surface area contributed by atoms with Gasteiger partial charge in [0.05, 0.1) is 23.5 Å². The number of carbonyl (C=O) groups excluding carboxylic acids is 1. The van der Waals surface area contributed by atoms with E-state index in [1.807, 2.05) is 62.4 Å². The van der Waals surface area contributed by atoms with E-state index in [-0.39, 0.29) is 34.6 Å². The molecule has 1 amide bonds. The zero-order valence-corrected chi connectivity index (χ0v) is 19.4. The third-order valence-electron chi connectivity index (χ3n) is 6.04. The number of hydrogen-bond acceptors (Lipinski definition) is 5. The van der Waals surface area contributed by atoms with Crippen LogP contribution >= 0.6 is 0 Å². The molecule has 4 heterocycles. The van der Waals surface area contributed by atoms with E-state index in [0.717, 1.165) is 16.7 Å². The van der Waals surface area contributed by atoms with E-state index >= 15 is 0 Å². The van der Waals surface area contributed by atoms with Crippen LogP contribution in [0.3, 0.4) is 0 Å². The Bertz CT molecular complexity index is 1670. The Morgan fingerprint density at radius 1 is 1.09 bits per heavy atom. The van der Waals surface area contributed by atoms with Gasteiger partial charge < -0.3 is 9.88 Å². The van der Waals surface area contributed by atoms with Crippen molar-refractivity contribution in [3.05, 3.63) is 117 Å². The van der Waals surface area contributed by atoms with E-state index in [2.05, 4.69) is 10.3 Å². The van der Waals surface area contributed by atoms with Crippen LogP contribution in [0.5, 0.6) is 0 Å². The van der Waals surface area contributed by atoms with Gasteiger partial charge in [0, 0.05) is 18.6 Å². The topological polar surface area (TPSA) is 105 Å². The number of pyridine rings is 3. The molecule has 0 aliphatic rings. The molecule has 8 heteroatoms. The molecule has 0 fully saturated rings. The third kappa shape index (κ3) is 4.21. The molecule has 1 atom stereocenters. The number of fused-ring (bicyclic) bond motifs is 2. The first kappa shape index (κ1) is 22.2. The highest BCUT2D eigenvalue weighted by Gasteiger charge is 2.19. The average Bonchev–Trinajstić information content (AvgIpc) is 2.87. The summed E-state index contributed by atoms with van der Waals surface area (Å²) in [6.45, 7) is 4.05. The first-order valence-electron chi connectivity index (χ1n) is 11.3. The predicted molar refractivity (Wildman–Crippen MR) is 133 cm³/mol. The number of hydrogen-bond donors (Lipinski definition) is 2. The molecule has 1 aromatic carbocycles. The van der Waals surface area contributed by atoms with Gasteiger partial charge in [-0.05, 0) is 54.8 Å². The third-order valence-corrected chi connectivity index (χ3v) is 6.04. The Hall–Kier alpha value is -4.59. The summed E-state index contributed by atoms with van der Waals surface area (Å²) in [5, 5.41) is 12.1. The lowest BCUT2D eigenvalue weighted by atomic mass is 10.1. The van der Waals surface area contributed by atoms with E-state index < -0.39 is 5.91 Å². The van der Waals surface area contributed by atoms with Crippen LogP contribution in [-0.2, 0) is 6.54 Å². The fourth-order valence-electron chi connectivity index (χ4n) is 4.14. The van der Waals surface area contributed by atoms with Crippen LogP contribution in [0.15, 0.2) is 84.0 Å². The maximum absolute atomic E-state index is 13.5. The molecule has 5 rings (SSSR count). The Morgan fingerprint density at radius 3 is 2.57 bits per heavy atom. The molecule has 1 unspecified atom stereocenters. The Labute approximate surface area is 201 Å². The summed E-state index contributed by atoms with van der Waals surface area (Å²) in [5.74, 6) is -0.425. The molecule has 2 N–H and O–H groups in total. The van der Waals surface area contributed by atoms with Gasteiger partial charge in [0.15, 0.2) is 0 Å². The Balaban J connectivity index is 1.70. The van der Waals surface area contributed by atoms with Gasteiger partial charge in [0.1, 0.15) is 16.8 Å². The van der Waals surface area contributed by atoms with Gasteiger partial charge in [-0.2, -0.15) is 0 Å². The quantitative estimate of drug-likeness (QED) is 0.389. The van der Waals surface area contributed by atoms with E-state index in [4.69, 9.17) is 10.4 Å². The molecule has 174 valence electrons. The first-order chi connectivity index (χ1) is 16.9. The van der Waals surface area contributed by atoms with Gasteiger partial charge >= 0.3 is 0 Å². The fourth-order valence-corrected chi connectivity index (χ4v) is 4.14. The van der Waals surface area contributed by atoms with Gasteiger partial charge in [0.2, 0.25) is 0 Å². The van der Waals surface area contributed by atoms with Crippen molar-refractivity contribution >= 4 is 22.6 Å². The molecule has 0 bridgehead atoms. The van der Waals surface area contributed by atoms with E-state index in [0.29, 0.717) is 11.3 Å². The number of nitrogens with zero attached hydrogens (tertiary/aromatic N) is 4. The number of aromatic nitrogens is 4. The lowest BCUT2D eigenvalue weighted by molar-refractivity contribution is 0.0937. The van der Waals surface area contributed by atoms with Crippen LogP contribution in [0.25, 0.3) is 16.7 Å². The number of nitrogens with one attached hydrogen (secondary N) is 2. The second-order valence-electron chi connectivity index (χ2n) is 8.54. The highest BCUT2D eigenvalue weighted by molar-refractivity contribution is 5.97. The molecule has 0 aliphatic heterocycles. The van der Waals surface area contributed by atoms with Crippen molar-refractivity contribution in [2.24, 2.45) is 0 Å². The zero-order chi connectivity index (χ0) is 24.5. The van der Waals surface area contributed by atoms with Crippen molar-refractivity contribution in [2.75, 3.05) is 0 Å². The Morgan fingerprint density at radius 2 is 1.83 bits per heavy atom. The van der Waals surface area contributed by atoms with Crippen molar-refractivity contribution in [1.82, 2.24) is 24.3 Å². The van der Waals surface area contributed by atoms with E-state index in [1.54, 1.807) is 29.2 Å². The summed E-state index contributed by atoms with van der Waals surface area (Å²) >= 11 is 0. The number of amides is 1. The van der Waals surface area contributed by atoms with Crippen LogP contribution in [0.1, 0.15) is 40.0 Å². The van der Waals surface area contributed by atoms with E-state index in [1.165, 1.54) is 10.5 Å². The van der Waals surface area contributed by atoms with Crippen LogP contribution in [-0.4, -0.2) is 24.8 Å². The van der Waals surface area contributed by atoms with Gasteiger partial charge in [-0.25, -0.2) is 4.98 Å². The highest BCUT2D eigenvalue weighted by atomic mass is 16.2. The average molecular weight is 465 g/mol. The van der Waals surface area contributed by atoms with Crippen LogP contribution in [0.2, 0.25) is 0 Å². The SMILES string of the molecule is Cc1ccc2nc3c(cc(C(=O)NC(C)c4ccccc4)c(=N)n3Cc3ccncc3)c(=O)n2c1. The monoisotopic (exact) mass is 464 g/mol. The van der Waals surface area contributed by atoms with Gasteiger partial charge in [-0.1, -0.05) is 36.4 Å². The van der Waals surface area contributed by atoms with Crippen molar-refractivity contribution < 1.29 is 4.79 Å². The van der Waals surface area contributed by atoms with Gasteiger partial charge in [-0.3, -0.25) is 24.4 Å². The zero-order valence-electron chi connectivity index (χ0n) is 19.4. The summed E-state index contributed by atoms with van der Waals surface area (Å²) in [6, 6.07) is 18.1. The predicted octanol–water partition coefficient (Wildman–Crippen LogP) is 3.37. The molecule has 0 saturated carbocycles. The largest absolute Gasteiger partial charge is 0.345 e. The molecule has 4 aromatic heterocycles. The molecule has 0 spiro atoms. The van der Waals surface area contributed by atoms with Crippen molar-refractivity contribution in [2.45, 2.75) is 26.4 Å². The molecule has 0 radical (unpaired) electrons.